The highest BCUT2D eigenvalue weighted by molar-refractivity contribution is 5.73. The second kappa shape index (κ2) is 6.91. The van der Waals surface area contributed by atoms with Gasteiger partial charge in [-0.2, -0.15) is 0 Å². The summed E-state index contributed by atoms with van der Waals surface area (Å²) in [6.45, 7) is 14.6. The molecule has 0 saturated carbocycles. The Balaban J connectivity index is 1.78. The van der Waals surface area contributed by atoms with Gasteiger partial charge in [0.05, 0.1) is 0 Å². The summed E-state index contributed by atoms with van der Waals surface area (Å²) in [5.74, 6) is 1.12. The van der Waals surface area contributed by atoms with E-state index in [0.717, 1.165) is 44.6 Å². The third-order valence-corrected chi connectivity index (χ3v) is 5.73. The largest absolute Gasteiger partial charge is 0.343 e. The highest BCUT2D eigenvalue weighted by atomic mass is 16.2. The third kappa shape index (κ3) is 4.25. The maximum atomic E-state index is 11.5. The Hall–Kier alpha value is -1.49. The maximum absolute atomic E-state index is 11.5. The average Bonchev–Trinajstić information content (AvgIpc) is 2.53. The van der Waals surface area contributed by atoms with Gasteiger partial charge in [-0.3, -0.25) is 4.79 Å². The summed E-state index contributed by atoms with van der Waals surface area (Å²) in [4.78, 5) is 23.1. The van der Waals surface area contributed by atoms with E-state index in [1.807, 2.05) is 4.90 Å². The van der Waals surface area contributed by atoms with Crippen molar-refractivity contribution >= 4 is 5.91 Å². The monoisotopic (exact) mass is 358 g/mol. The highest BCUT2D eigenvalue weighted by Crippen LogP contribution is 2.40. The lowest BCUT2D eigenvalue weighted by Gasteiger charge is -2.40. The van der Waals surface area contributed by atoms with Crippen molar-refractivity contribution in [3.63, 3.8) is 0 Å². The number of nitrogens with one attached hydrogen (secondary N) is 1. The van der Waals surface area contributed by atoms with Gasteiger partial charge < -0.3 is 10.2 Å². The fourth-order valence-electron chi connectivity index (χ4n) is 4.20. The van der Waals surface area contributed by atoms with Crippen LogP contribution in [0.15, 0.2) is 6.20 Å². The zero-order valence-corrected chi connectivity index (χ0v) is 17.2. The van der Waals surface area contributed by atoms with Crippen LogP contribution in [0, 0.1) is 5.41 Å². The number of amides is 1. The molecule has 3 rings (SSSR count). The fourth-order valence-corrected chi connectivity index (χ4v) is 4.20. The molecular weight excluding hydrogens is 324 g/mol. The second-order valence-corrected chi connectivity index (χ2v) is 9.89. The fraction of sp³-hybridized carbons (Fsp3) is 0.762. The predicted octanol–water partition coefficient (Wildman–Crippen LogP) is 3.39. The average molecular weight is 359 g/mol. The van der Waals surface area contributed by atoms with E-state index in [0.29, 0.717) is 12.1 Å². The van der Waals surface area contributed by atoms with Crippen LogP contribution in [0.3, 0.4) is 0 Å². The topological polar surface area (TPSA) is 58.1 Å². The molecule has 1 aliphatic carbocycles. The van der Waals surface area contributed by atoms with Crippen LogP contribution in [-0.4, -0.2) is 39.9 Å². The minimum Gasteiger partial charge on any atom is -0.343 e. The van der Waals surface area contributed by atoms with E-state index in [4.69, 9.17) is 4.98 Å². The van der Waals surface area contributed by atoms with E-state index in [2.05, 4.69) is 51.1 Å². The van der Waals surface area contributed by atoms with Crippen molar-refractivity contribution in [2.75, 3.05) is 13.1 Å². The number of piperidine rings is 1. The summed E-state index contributed by atoms with van der Waals surface area (Å²) in [5.41, 5.74) is 2.68. The lowest BCUT2D eigenvalue weighted by atomic mass is 9.73. The number of aromatic nitrogens is 2. The van der Waals surface area contributed by atoms with E-state index in [1.54, 1.807) is 6.92 Å². The van der Waals surface area contributed by atoms with E-state index in [1.165, 1.54) is 11.3 Å². The SMILES string of the molecule is CC(=O)N1CCC(NC2CC(C)(C)Cc3nc(C(C)(C)C)ncc32)CC1. The van der Waals surface area contributed by atoms with Gasteiger partial charge in [0.1, 0.15) is 5.82 Å². The molecule has 2 aliphatic rings. The van der Waals surface area contributed by atoms with Crippen molar-refractivity contribution in [2.45, 2.75) is 84.7 Å². The van der Waals surface area contributed by atoms with Gasteiger partial charge in [0.2, 0.25) is 5.91 Å². The standard InChI is InChI=1S/C21H34N4O/c1-14(26)25-9-7-15(8-10-25)23-17-11-21(5,6)12-18-16(17)13-22-19(24-18)20(2,3)4/h13,15,17,23H,7-12H2,1-6H3. The van der Waals surface area contributed by atoms with Crippen LogP contribution in [0.25, 0.3) is 0 Å². The lowest BCUT2D eigenvalue weighted by molar-refractivity contribution is -0.129. The van der Waals surface area contributed by atoms with E-state index in [-0.39, 0.29) is 16.7 Å². The Morgan fingerprint density at radius 3 is 2.50 bits per heavy atom. The number of hydrogen-bond acceptors (Lipinski definition) is 4. The molecule has 1 unspecified atom stereocenters. The maximum Gasteiger partial charge on any atom is 0.219 e. The first kappa shape index (κ1) is 19.3. The summed E-state index contributed by atoms with van der Waals surface area (Å²) < 4.78 is 0. The van der Waals surface area contributed by atoms with Crippen molar-refractivity contribution in [3.8, 4) is 0 Å². The van der Waals surface area contributed by atoms with Crippen LogP contribution in [0.1, 0.15) is 83.9 Å². The van der Waals surface area contributed by atoms with Gasteiger partial charge in [-0.15, -0.1) is 0 Å². The minimum absolute atomic E-state index is 0.0287. The van der Waals surface area contributed by atoms with Crippen molar-refractivity contribution in [2.24, 2.45) is 5.41 Å². The molecule has 1 aromatic rings. The van der Waals surface area contributed by atoms with Crippen molar-refractivity contribution in [3.05, 3.63) is 23.3 Å². The molecule has 5 nitrogen and oxygen atoms in total. The quantitative estimate of drug-likeness (QED) is 0.880. The molecule has 1 fully saturated rings. The molecule has 1 N–H and O–H groups in total. The molecule has 0 radical (unpaired) electrons. The summed E-state index contributed by atoms with van der Waals surface area (Å²) in [5, 5.41) is 3.87. The normalized spacial score (nSPS) is 23.6. The van der Waals surface area contributed by atoms with E-state index < -0.39 is 0 Å². The van der Waals surface area contributed by atoms with Crippen LogP contribution in [-0.2, 0) is 16.6 Å². The molecule has 2 heterocycles. The number of likely N-dealkylation sites (tertiary alicyclic amines) is 1. The summed E-state index contributed by atoms with van der Waals surface area (Å²) >= 11 is 0. The Kier molecular flexibility index (Phi) is 5.13. The molecular formula is C21H34N4O. The Morgan fingerprint density at radius 2 is 1.92 bits per heavy atom. The smallest absolute Gasteiger partial charge is 0.219 e. The van der Waals surface area contributed by atoms with Gasteiger partial charge in [0, 0.05) is 55.0 Å². The molecule has 5 heteroatoms. The van der Waals surface area contributed by atoms with E-state index in [9.17, 15) is 4.79 Å². The van der Waals surface area contributed by atoms with Crippen molar-refractivity contribution in [1.29, 1.82) is 0 Å². The number of carbonyl (C=O) groups is 1. The Morgan fingerprint density at radius 1 is 1.27 bits per heavy atom. The van der Waals surface area contributed by atoms with Crippen LogP contribution in [0.2, 0.25) is 0 Å². The number of nitrogens with zero attached hydrogens (tertiary/aromatic N) is 3. The third-order valence-electron chi connectivity index (χ3n) is 5.73. The molecule has 1 atom stereocenters. The van der Waals surface area contributed by atoms with Crippen LogP contribution in [0.5, 0.6) is 0 Å². The first-order chi connectivity index (χ1) is 12.0. The van der Waals surface area contributed by atoms with Gasteiger partial charge in [-0.1, -0.05) is 34.6 Å². The van der Waals surface area contributed by atoms with Crippen LogP contribution >= 0.6 is 0 Å². The molecule has 1 aliphatic heterocycles. The number of fused-ring (bicyclic) bond motifs is 1. The molecule has 1 saturated heterocycles. The van der Waals surface area contributed by atoms with Gasteiger partial charge in [0.25, 0.3) is 0 Å². The van der Waals surface area contributed by atoms with Gasteiger partial charge in [0.15, 0.2) is 0 Å². The summed E-state index contributed by atoms with van der Waals surface area (Å²) in [6, 6.07) is 0.760. The number of rotatable bonds is 2. The molecule has 0 spiro atoms. The highest BCUT2D eigenvalue weighted by Gasteiger charge is 2.36. The lowest BCUT2D eigenvalue weighted by Crippen LogP contribution is -2.46. The predicted molar refractivity (Wildman–Crippen MR) is 104 cm³/mol. The zero-order valence-electron chi connectivity index (χ0n) is 17.2. The second-order valence-electron chi connectivity index (χ2n) is 9.89. The first-order valence-corrected chi connectivity index (χ1v) is 9.93. The van der Waals surface area contributed by atoms with Gasteiger partial charge in [-0.25, -0.2) is 9.97 Å². The number of hydrogen-bond donors (Lipinski definition) is 1. The van der Waals surface area contributed by atoms with Gasteiger partial charge >= 0.3 is 0 Å². The molecule has 144 valence electrons. The Labute approximate surface area is 158 Å². The molecule has 26 heavy (non-hydrogen) atoms. The van der Waals surface area contributed by atoms with Crippen LogP contribution < -0.4 is 5.32 Å². The Bertz CT molecular complexity index is 669. The molecule has 0 bridgehead atoms. The molecule has 1 aromatic heterocycles. The molecule has 0 aromatic carbocycles. The minimum atomic E-state index is -0.0287. The number of carbonyl (C=O) groups excluding carboxylic acids is 1. The summed E-state index contributed by atoms with van der Waals surface area (Å²) in [6.07, 6.45) is 6.21. The zero-order chi connectivity index (χ0) is 19.1. The van der Waals surface area contributed by atoms with E-state index >= 15 is 0 Å². The van der Waals surface area contributed by atoms with Crippen LogP contribution in [0.4, 0.5) is 0 Å². The van der Waals surface area contributed by atoms with Crippen molar-refractivity contribution in [1.82, 2.24) is 20.2 Å². The van der Waals surface area contributed by atoms with Crippen molar-refractivity contribution < 1.29 is 4.79 Å². The first-order valence-electron chi connectivity index (χ1n) is 9.93. The molecule has 1 amide bonds. The summed E-state index contributed by atoms with van der Waals surface area (Å²) in [7, 11) is 0. The van der Waals surface area contributed by atoms with Gasteiger partial charge in [-0.05, 0) is 31.1 Å².